The minimum Gasteiger partial charge on any atom is -0.346 e. The first kappa shape index (κ1) is 9.39. The highest BCUT2D eigenvalue weighted by molar-refractivity contribution is 5.95. The predicted molar refractivity (Wildman–Crippen MR) is 62.2 cm³/mol. The van der Waals surface area contributed by atoms with E-state index in [9.17, 15) is 4.79 Å². The molecule has 2 heterocycles. The third kappa shape index (κ3) is 1.56. The number of amides is 1. The number of aromatic nitrogens is 2. The summed E-state index contributed by atoms with van der Waals surface area (Å²) in [6.45, 7) is 1.96. The highest BCUT2D eigenvalue weighted by Gasteiger charge is 2.30. The number of anilines is 1. The molecule has 2 N–H and O–H groups in total. The first-order chi connectivity index (χ1) is 7.74. The summed E-state index contributed by atoms with van der Waals surface area (Å²) in [5, 5.41) is 3.96. The number of rotatable bonds is 2. The van der Waals surface area contributed by atoms with Crippen molar-refractivity contribution in [3.05, 3.63) is 23.9 Å². The van der Waals surface area contributed by atoms with Gasteiger partial charge in [0.25, 0.3) is 0 Å². The molecule has 1 saturated carbocycles. The smallest absolute Gasteiger partial charge is 0.228 e. The third-order valence-electron chi connectivity index (χ3n) is 2.92. The number of H-pyrrole nitrogens is 1. The zero-order chi connectivity index (χ0) is 11.1. The number of hydrogen-bond acceptors (Lipinski definition) is 2. The lowest BCUT2D eigenvalue weighted by Gasteiger charge is -2.06. The molecule has 0 spiro atoms. The SMILES string of the molecule is Cc1cc2cc[nH]c2nc1NC(=O)C1CC1. The molecule has 1 amide bonds. The van der Waals surface area contributed by atoms with Gasteiger partial charge in [-0.15, -0.1) is 0 Å². The first-order valence-electron chi connectivity index (χ1n) is 5.49. The van der Waals surface area contributed by atoms with Crippen molar-refractivity contribution in [2.24, 2.45) is 5.92 Å². The number of hydrogen-bond donors (Lipinski definition) is 2. The van der Waals surface area contributed by atoms with E-state index in [1.807, 2.05) is 25.3 Å². The van der Waals surface area contributed by atoms with Gasteiger partial charge in [-0.1, -0.05) is 0 Å². The van der Waals surface area contributed by atoms with Gasteiger partial charge in [-0.25, -0.2) is 4.98 Å². The summed E-state index contributed by atoms with van der Waals surface area (Å²) in [5.41, 5.74) is 1.82. The summed E-state index contributed by atoms with van der Waals surface area (Å²) in [6.07, 6.45) is 3.87. The van der Waals surface area contributed by atoms with Gasteiger partial charge in [-0.3, -0.25) is 4.79 Å². The van der Waals surface area contributed by atoms with Crippen LogP contribution in [-0.4, -0.2) is 15.9 Å². The standard InChI is InChI=1S/C12H13N3O/c1-7-6-9-4-5-13-11(9)14-10(7)15-12(16)8-2-3-8/h4-6,8H,2-3H2,1H3,(H2,13,14,15,16). The fraction of sp³-hybridized carbons (Fsp3) is 0.333. The Hall–Kier alpha value is -1.84. The van der Waals surface area contributed by atoms with E-state index in [-0.39, 0.29) is 11.8 Å². The third-order valence-corrected chi connectivity index (χ3v) is 2.92. The number of carbonyl (C=O) groups is 1. The molecule has 0 bridgehead atoms. The molecule has 1 aliphatic rings. The van der Waals surface area contributed by atoms with Crippen molar-refractivity contribution in [2.75, 3.05) is 5.32 Å². The van der Waals surface area contributed by atoms with E-state index in [1.54, 1.807) is 0 Å². The summed E-state index contributed by atoms with van der Waals surface area (Å²) in [4.78, 5) is 19.1. The zero-order valence-electron chi connectivity index (χ0n) is 9.08. The number of nitrogens with zero attached hydrogens (tertiary/aromatic N) is 1. The van der Waals surface area contributed by atoms with Crippen LogP contribution >= 0.6 is 0 Å². The number of aryl methyl sites for hydroxylation is 1. The number of aromatic amines is 1. The second-order valence-corrected chi connectivity index (χ2v) is 4.33. The lowest BCUT2D eigenvalue weighted by atomic mass is 10.2. The van der Waals surface area contributed by atoms with E-state index in [2.05, 4.69) is 15.3 Å². The Morgan fingerprint density at radius 2 is 2.38 bits per heavy atom. The van der Waals surface area contributed by atoms with Crippen LogP contribution in [0.25, 0.3) is 11.0 Å². The molecule has 0 saturated heterocycles. The molecule has 4 heteroatoms. The van der Waals surface area contributed by atoms with E-state index in [0.717, 1.165) is 29.4 Å². The van der Waals surface area contributed by atoms with E-state index in [0.29, 0.717) is 5.82 Å². The van der Waals surface area contributed by atoms with Crippen LogP contribution in [0.15, 0.2) is 18.3 Å². The summed E-state index contributed by atoms with van der Waals surface area (Å²) >= 11 is 0. The van der Waals surface area contributed by atoms with Crippen LogP contribution in [0.1, 0.15) is 18.4 Å². The highest BCUT2D eigenvalue weighted by Crippen LogP contribution is 2.30. The van der Waals surface area contributed by atoms with Crippen molar-refractivity contribution in [3.63, 3.8) is 0 Å². The quantitative estimate of drug-likeness (QED) is 0.807. The van der Waals surface area contributed by atoms with Gasteiger partial charge in [0, 0.05) is 17.5 Å². The Bertz CT molecular complexity index is 554. The van der Waals surface area contributed by atoms with Gasteiger partial charge in [0.1, 0.15) is 11.5 Å². The maximum absolute atomic E-state index is 11.6. The van der Waals surface area contributed by atoms with Crippen LogP contribution in [0.4, 0.5) is 5.82 Å². The van der Waals surface area contributed by atoms with Crippen LogP contribution in [0, 0.1) is 12.8 Å². The first-order valence-corrected chi connectivity index (χ1v) is 5.49. The molecule has 0 aromatic carbocycles. The van der Waals surface area contributed by atoms with Gasteiger partial charge < -0.3 is 10.3 Å². The fourth-order valence-electron chi connectivity index (χ4n) is 1.78. The summed E-state index contributed by atoms with van der Waals surface area (Å²) in [5.74, 6) is 0.980. The van der Waals surface area contributed by atoms with Crippen LogP contribution in [0.5, 0.6) is 0 Å². The predicted octanol–water partition coefficient (Wildman–Crippen LogP) is 2.22. The van der Waals surface area contributed by atoms with Crippen molar-refractivity contribution < 1.29 is 4.79 Å². The summed E-state index contributed by atoms with van der Waals surface area (Å²) in [6, 6.07) is 4.00. The Kier molecular flexibility index (Phi) is 1.96. The van der Waals surface area contributed by atoms with Gasteiger partial charge in [0.05, 0.1) is 0 Å². The van der Waals surface area contributed by atoms with Gasteiger partial charge in [0.2, 0.25) is 5.91 Å². The van der Waals surface area contributed by atoms with E-state index in [4.69, 9.17) is 0 Å². The van der Waals surface area contributed by atoms with E-state index < -0.39 is 0 Å². The molecule has 82 valence electrons. The molecular formula is C12H13N3O. The molecule has 2 aromatic rings. The second-order valence-electron chi connectivity index (χ2n) is 4.33. The molecule has 0 aliphatic heterocycles. The number of carbonyl (C=O) groups excluding carboxylic acids is 1. The Morgan fingerprint density at radius 1 is 1.56 bits per heavy atom. The lowest BCUT2D eigenvalue weighted by molar-refractivity contribution is -0.117. The van der Waals surface area contributed by atoms with Crippen molar-refractivity contribution in [1.82, 2.24) is 9.97 Å². The van der Waals surface area contributed by atoms with Gasteiger partial charge in [-0.2, -0.15) is 0 Å². The molecule has 3 rings (SSSR count). The molecule has 2 aromatic heterocycles. The average molecular weight is 215 g/mol. The minimum absolute atomic E-state index is 0.0986. The molecule has 4 nitrogen and oxygen atoms in total. The monoisotopic (exact) mass is 215 g/mol. The molecule has 0 atom stereocenters. The van der Waals surface area contributed by atoms with Crippen LogP contribution < -0.4 is 5.32 Å². The number of pyridine rings is 1. The van der Waals surface area contributed by atoms with Gasteiger partial charge in [-0.05, 0) is 37.5 Å². The average Bonchev–Trinajstić information content (AvgIpc) is 3.01. The molecular weight excluding hydrogens is 202 g/mol. The molecule has 0 radical (unpaired) electrons. The molecule has 0 unspecified atom stereocenters. The van der Waals surface area contributed by atoms with Crippen LogP contribution in [-0.2, 0) is 4.79 Å². The van der Waals surface area contributed by atoms with Crippen LogP contribution in [0.2, 0.25) is 0 Å². The van der Waals surface area contributed by atoms with Crippen molar-refractivity contribution in [1.29, 1.82) is 0 Å². The molecule has 1 aliphatic carbocycles. The summed E-state index contributed by atoms with van der Waals surface area (Å²) in [7, 11) is 0. The van der Waals surface area contributed by atoms with Crippen molar-refractivity contribution >= 4 is 22.8 Å². The summed E-state index contributed by atoms with van der Waals surface area (Å²) < 4.78 is 0. The minimum atomic E-state index is 0.0986. The topological polar surface area (TPSA) is 57.8 Å². The highest BCUT2D eigenvalue weighted by atomic mass is 16.2. The van der Waals surface area contributed by atoms with Crippen molar-refractivity contribution in [2.45, 2.75) is 19.8 Å². The second kappa shape index (κ2) is 3.33. The van der Waals surface area contributed by atoms with E-state index >= 15 is 0 Å². The maximum atomic E-state index is 11.6. The fourth-order valence-corrected chi connectivity index (χ4v) is 1.78. The van der Waals surface area contributed by atoms with Crippen LogP contribution in [0.3, 0.4) is 0 Å². The zero-order valence-corrected chi connectivity index (χ0v) is 9.08. The van der Waals surface area contributed by atoms with Gasteiger partial charge in [0.15, 0.2) is 0 Å². The Morgan fingerprint density at radius 3 is 3.12 bits per heavy atom. The molecule has 16 heavy (non-hydrogen) atoms. The van der Waals surface area contributed by atoms with Crippen molar-refractivity contribution in [3.8, 4) is 0 Å². The van der Waals surface area contributed by atoms with Gasteiger partial charge >= 0.3 is 0 Å². The normalized spacial score (nSPS) is 15.3. The largest absolute Gasteiger partial charge is 0.346 e. The Labute approximate surface area is 93.1 Å². The van der Waals surface area contributed by atoms with E-state index in [1.165, 1.54) is 0 Å². The lowest BCUT2D eigenvalue weighted by Crippen LogP contribution is -2.15. The maximum Gasteiger partial charge on any atom is 0.228 e. The number of nitrogens with one attached hydrogen (secondary N) is 2. The Balaban J connectivity index is 1.95. The molecule has 1 fully saturated rings. The number of fused-ring (bicyclic) bond motifs is 1.